The van der Waals surface area contributed by atoms with Crippen LogP contribution >= 0.6 is 0 Å². The van der Waals surface area contributed by atoms with Crippen LogP contribution in [-0.4, -0.2) is 64.6 Å². The zero-order valence-corrected chi connectivity index (χ0v) is 9.79. The number of hydrogen-bond acceptors (Lipinski definition) is 6. The van der Waals surface area contributed by atoms with Crippen LogP contribution in [0.15, 0.2) is 12.1 Å². The van der Waals surface area contributed by atoms with E-state index in [0.717, 1.165) is 0 Å². The molecule has 0 saturated heterocycles. The molecule has 0 spiro atoms. The SMILES string of the molecule is CN(C)C(=O)c1ccc(NC(CO)CO)nn1. The highest BCUT2D eigenvalue weighted by Gasteiger charge is 2.11. The average Bonchev–Trinajstić information content (AvgIpc) is 2.35. The molecule has 94 valence electrons. The summed E-state index contributed by atoms with van der Waals surface area (Å²) < 4.78 is 0. The first-order valence-electron chi connectivity index (χ1n) is 5.12. The molecule has 1 aromatic heterocycles. The average molecular weight is 240 g/mol. The summed E-state index contributed by atoms with van der Waals surface area (Å²) in [5, 5.41) is 28.1. The molecule has 0 saturated carbocycles. The zero-order chi connectivity index (χ0) is 12.8. The van der Waals surface area contributed by atoms with Gasteiger partial charge in [-0.3, -0.25) is 4.79 Å². The second-order valence-electron chi connectivity index (χ2n) is 3.71. The number of anilines is 1. The molecule has 1 aromatic rings. The second-order valence-corrected chi connectivity index (χ2v) is 3.71. The van der Waals surface area contributed by atoms with Crippen LogP contribution in [-0.2, 0) is 0 Å². The summed E-state index contributed by atoms with van der Waals surface area (Å²) in [5.74, 6) is 0.165. The first-order chi connectivity index (χ1) is 8.08. The molecular weight excluding hydrogens is 224 g/mol. The Morgan fingerprint density at radius 2 is 2.00 bits per heavy atom. The molecule has 0 radical (unpaired) electrons. The third-order valence-corrected chi connectivity index (χ3v) is 2.08. The summed E-state index contributed by atoms with van der Waals surface area (Å²) >= 11 is 0. The van der Waals surface area contributed by atoms with E-state index in [2.05, 4.69) is 15.5 Å². The number of nitrogens with one attached hydrogen (secondary N) is 1. The number of nitrogens with zero attached hydrogens (tertiary/aromatic N) is 3. The van der Waals surface area contributed by atoms with Gasteiger partial charge < -0.3 is 20.4 Å². The van der Waals surface area contributed by atoms with Gasteiger partial charge in [0, 0.05) is 14.1 Å². The Morgan fingerprint density at radius 1 is 1.35 bits per heavy atom. The highest BCUT2D eigenvalue weighted by Crippen LogP contribution is 2.05. The molecule has 1 heterocycles. The van der Waals surface area contributed by atoms with Crippen molar-refractivity contribution in [3.8, 4) is 0 Å². The Kier molecular flexibility index (Phi) is 4.80. The molecule has 0 unspecified atom stereocenters. The van der Waals surface area contributed by atoms with Gasteiger partial charge in [-0.25, -0.2) is 0 Å². The van der Waals surface area contributed by atoms with E-state index in [0.29, 0.717) is 5.82 Å². The van der Waals surface area contributed by atoms with E-state index in [-0.39, 0.29) is 24.8 Å². The summed E-state index contributed by atoms with van der Waals surface area (Å²) in [7, 11) is 3.26. The van der Waals surface area contributed by atoms with Crippen molar-refractivity contribution in [1.82, 2.24) is 15.1 Å². The van der Waals surface area contributed by atoms with Crippen molar-refractivity contribution >= 4 is 11.7 Å². The van der Waals surface area contributed by atoms with Gasteiger partial charge in [0.15, 0.2) is 5.69 Å². The van der Waals surface area contributed by atoms with Crippen molar-refractivity contribution < 1.29 is 15.0 Å². The normalized spacial score (nSPS) is 10.4. The zero-order valence-electron chi connectivity index (χ0n) is 9.79. The molecule has 17 heavy (non-hydrogen) atoms. The highest BCUT2D eigenvalue weighted by molar-refractivity contribution is 5.91. The number of hydrogen-bond donors (Lipinski definition) is 3. The maximum atomic E-state index is 11.5. The van der Waals surface area contributed by atoms with Crippen LogP contribution in [0.3, 0.4) is 0 Å². The van der Waals surface area contributed by atoms with Gasteiger partial charge in [0.25, 0.3) is 5.91 Å². The van der Waals surface area contributed by atoms with E-state index in [1.807, 2.05) is 0 Å². The fourth-order valence-electron chi connectivity index (χ4n) is 1.11. The lowest BCUT2D eigenvalue weighted by atomic mass is 10.3. The maximum Gasteiger partial charge on any atom is 0.273 e. The quantitative estimate of drug-likeness (QED) is 0.607. The fraction of sp³-hybridized carbons (Fsp3) is 0.500. The second kappa shape index (κ2) is 6.12. The Hall–Kier alpha value is -1.73. The molecule has 0 atom stereocenters. The number of rotatable bonds is 5. The predicted molar refractivity (Wildman–Crippen MR) is 61.6 cm³/mol. The van der Waals surface area contributed by atoms with Gasteiger partial charge in [-0.2, -0.15) is 0 Å². The van der Waals surface area contributed by atoms with E-state index >= 15 is 0 Å². The topological polar surface area (TPSA) is 98.6 Å². The lowest BCUT2D eigenvalue weighted by molar-refractivity contribution is 0.0821. The summed E-state index contributed by atoms with van der Waals surface area (Å²) in [6.07, 6.45) is 0. The summed E-state index contributed by atoms with van der Waals surface area (Å²) in [6, 6.07) is 2.62. The fourth-order valence-corrected chi connectivity index (χ4v) is 1.11. The highest BCUT2D eigenvalue weighted by atomic mass is 16.3. The van der Waals surface area contributed by atoms with Gasteiger partial charge in [0.2, 0.25) is 0 Å². The van der Waals surface area contributed by atoms with E-state index in [4.69, 9.17) is 10.2 Å². The van der Waals surface area contributed by atoms with Gasteiger partial charge in [-0.05, 0) is 12.1 Å². The van der Waals surface area contributed by atoms with Crippen molar-refractivity contribution in [2.45, 2.75) is 6.04 Å². The van der Waals surface area contributed by atoms with Gasteiger partial charge in [0.1, 0.15) is 5.82 Å². The molecule has 7 nitrogen and oxygen atoms in total. The minimum absolute atomic E-state index is 0.212. The van der Waals surface area contributed by atoms with E-state index < -0.39 is 6.04 Å². The van der Waals surface area contributed by atoms with Gasteiger partial charge in [0.05, 0.1) is 19.3 Å². The van der Waals surface area contributed by atoms with Gasteiger partial charge in [-0.1, -0.05) is 0 Å². The number of aromatic nitrogens is 2. The largest absolute Gasteiger partial charge is 0.394 e. The molecule has 7 heteroatoms. The molecule has 0 aliphatic rings. The summed E-state index contributed by atoms with van der Waals surface area (Å²) in [4.78, 5) is 12.9. The van der Waals surface area contributed by atoms with E-state index in [9.17, 15) is 4.79 Å². The van der Waals surface area contributed by atoms with E-state index in [1.54, 1.807) is 20.2 Å². The molecule has 0 aromatic carbocycles. The maximum absolute atomic E-state index is 11.5. The molecule has 3 N–H and O–H groups in total. The molecule has 0 bridgehead atoms. The van der Waals surface area contributed by atoms with Crippen LogP contribution in [0.25, 0.3) is 0 Å². The van der Waals surface area contributed by atoms with Crippen molar-refractivity contribution in [2.24, 2.45) is 0 Å². The lowest BCUT2D eigenvalue weighted by Crippen LogP contribution is -2.28. The molecule has 1 rings (SSSR count). The van der Waals surface area contributed by atoms with Crippen molar-refractivity contribution in [3.05, 3.63) is 17.8 Å². The third kappa shape index (κ3) is 3.65. The minimum Gasteiger partial charge on any atom is -0.394 e. The van der Waals surface area contributed by atoms with Crippen molar-refractivity contribution in [3.63, 3.8) is 0 Å². The van der Waals surface area contributed by atoms with Gasteiger partial charge >= 0.3 is 0 Å². The Labute approximate surface area is 99.1 Å². The van der Waals surface area contributed by atoms with Crippen LogP contribution in [0.1, 0.15) is 10.5 Å². The Balaban J connectivity index is 2.71. The minimum atomic E-state index is -0.486. The smallest absolute Gasteiger partial charge is 0.273 e. The predicted octanol–water partition coefficient (Wildman–Crippen LogP) is -1.06. The number of aliphatic hydroxyl groups is 2. The van der Waals surface area contributed by atoms with Crippen LogP contribution in [0.5, 0.6) is 0 Å². The molecular formula is C10H16N4O3. The summed E-state index contributed by atoms with van der Waals surface area (Å²) in [5.41, 5.74) is 0.241. The molecule has 0 aliphatic heterocycles. The first kappa shape index (κ1) is 13.3. The van der Waals surface area contributed by atoms with Crippen LogP contribution in [0, 0.1) is 0 Å². The molecule has 1 amide bonds. The molecule has 0 aliphatic carbocycles. The summed E-state index contributed by atoms with van der Waals surface area (Å²) in [6.45, 7) is -0.423. The third-order valence-electron chi connectivity index (χ3n) is 2.08. The Morgan fingerprint density at radius 3 is 2.41 bits per heavy atom. The first-order valence-corrected chi connectivity index (χ1v) is 5.12. The number of amides is 1. The van der Waals surface area contributed by atoms with Crippen LogP contribution in [0.4, 0.5) is 5.82 Å². The van der Waals surface area contributed by atoms with Crippen LogP contribution in [0.2, 0.25) is 0 Å². The lowest BCUT2D eigenvalue weighted by Gasteiger charge is -2.13. The van der Waals surface area contributed by atoms with E-state index in [1.165, 1.54) is 11.0 Å². The van der Waals surface area contributed by atoms with Crippen molar-refractivity contribution in [1.29, 1.82) is 0 Å². The Bertz CT molecular complexity index is 362. The van der Waals surface area contributed by atoms with Crippen molar-refractivity contribution in [2.75, 3.05) is 32.6 Å². The standard InChI is InChI=1S/C10H16N4O3/c1-14(2)10(17)8-3-4-9(13-12-8)11-7(5-15)6-16/h3-4,7,15-16H,5-6H2,1-2H3,(H,11,13). The number of carbonyl (C=O) groups excluding carboxylic acids is 1. The number of carbonyl (C=O) groups is 1. The van der Waals surface area contributed by atoms with Gasteiger partial charge in [-0.15, -0.1) is 10.2 Å². The van der Waals surface area contributed by atoms with Crippen LogP contribution < -0.4 is 5.32 Å². The molecule has 0 fully saturated rings. The number of aliphatic hydroxyl groups excluding tert-OH is 2. The monoisotopic (exact) mass is 240 g/mol.